The summed E-state index contributed by atoms with van der Waals surface area (Å²) < 4.78 is 5.22. The highest BCUT2D eigenvalue weighted by Crippen LogP contribution is 2.20. The van der Waals surface area contributed by atoms with Gasteiger partial charge < -0.3 is 31.1 Å². The van der Waals surface area contributed by atoms with E-state index >= 15 is 0 Å². The van der Waals surface area contributed by atoms with E-state index in [0.29, 0.717) is 0 Å². The van der Waals surface area contributed by atoms with Gasteiger partial charge in [-0.15, -0.1) is 0 Å². The second-order valence-corrected chi connectivity index (χ2v) is 3.59. The fourth-order valence-corrected chi connectivity index (χ4v) is 1.68. The average molecular weight is 218 g/mol. The van der Waals surface area contributed by atoms with Crippen molar-refractivity contribution in [2.24, 2.45) is 5.73 Å². The van der Waals surface area contributed by atoms with E-state index in [1.165, 1.54) is 12.4 Å². The van der Waals surface area contributed by atoms with Crippen molar-refractivity contribution in [3.05, 3.63) is 12.4 Å². The van der Waals surface area contributed by atoms with Crippen LogP contribution in [0.1, 0.15) is 6.92 Å². The zero-order chi connectivity index (χ0) is 11.4. The third-order valence-electron chi connectivity index (χ3n) is 2.55. The summed E-state index contributed by atoms with van der Waals surface area (Å²) in [5.41, 5.74) is 5.15. The molecule has 15 heavy (non-hydrogen) atoms. The molecule has 6 nitrogen and oxygen atoms in total. The molecule has 6 N–H and O–H groups in total. The van der Waals surface area contributed by atoms with E-state index in [1.54, 1.807) is 6.92 Å². The highest BCUT2D eigenvalue weighted by molar-refractivity contribution is 4.97. The van der Waals surface area contributed by atoms with Gasteiger partial charge in [-0.05, 0) is 6.92 Å². The van der Waals surface area contributed by atoms with Crippen LogP contribution >= 0.6 is 0 Å². The van der Waals surface area contributed by atoms with Crippen molar-refractivity contribution in [1.82, 2.24) is 5.32 Å². The third-order valence-corrected chi connectivity index (χ3v) is 2.55. The molecule has 0 spiro atoms. The van der Waals surface area contributed by atoms with Crippen LogP contribution in [0.4, 0.5) is 0 Å². The minimum Gasteiger partial charge on any atom is -0.403 e. The smallest absolute Gasteiger partial charge is 0.109 e. The number of rotatable bonds is 3. The Morgan fingerprint density at radius 1 is 1.40 bits per heavy atom. The van der Waals surface area contributed by atoms with E-state index in [-0.39, 0.29) is 6.61 Å². The van der Waals surface area contributed by atoms with Gasteiger partial charge in [0.15, 0.2) is 0 Å². The maximum Gasteiger partial charge on any atom is 0.109 e. The van der Waals surface area contributed by atoms with Crippen molar-refractivity contribution in [1.29, 1.82) is 0 Å². The predicted molar refractivity (Wildman–Crippen MR) is 53.7 cm³/mol. The molecule has 0 bridgehead atoms. The minimum absolute atomic E-state index is 0.289. The zero-order valence-corrected chi connectivity index (χ0v) is 8.58. The van der Waals surface area contributed by atoms with E-state index in [4.69, 9.17) is 15.6 Å². The zero-order valence-electron chi connectivity index (χ0n) is 8.58. The Bertz CT molecular complexity index is 224. The summed E-state index contributed by atoms with van der Waals surface area (Å²) >= 11 is 0. The number of hydrogen-bond donors (Lipinski definition) is 5. The summed E-state index contributed by atoms with van der Waals surface area (Å²) in [7, 11) is 0. The molecule has 1 heterocycles. The van der Waals surface area contributed by atoms with E-state index in [2.05, 4.69) is 5.32 Å². The summed E-state index contributed by atoms with van der Waals surface area (Å²) in [6.07, 6.45) is -0.255. The molecular weight excluding hydrogens is 200 g/mol. The summed E-state index contributed by atoms with van der Waals surface area (Å²) in [4.78, 5) is 0. The molecule has 0 aromatic rings. The number of aliphatic hydroxyl groups is 3. The quantitative estimate of drug-likeness (QED) is 0.370. The van der Waals surface area contributed by atoms with Crippen LogP contribution in [0.25, 0.3) is 0 Å². The molecule has 1 fully saturated rings. The first-order valence-electron chi connectivity index (χ1n) is 4.87. The van der Waals surface area contributed by atoms with E-state index in [1.807, 2.05) is 0 Å². The molecule has 0 aromatic heterocycles. The Morgan fingerprint density at radius 3 is 2.60 bits per heavy atom. The number of nitrogens with one attached hydrogen (secondary N) is 1. The lowest BCUT2D eigenvalue weighted by atomic mass is 9.93. The summed E-state index contributed by atoms with van der Waals surface area (Å²) in [6.45, 7) is 1.39. The van der Waals surface area contributed by atoms with Gasteiger partial charge in [0.2, 0.25) is 0 Å². The minimum atomic E-state index is -0.975. The van der Waals surface area contributed by atoms with Crippen molar-refractivity contribution in [3.8, 4) is 0 Å². The molecule has 1 rings (SSSR count). The van der Waals surface area contributed by atoms with Crippen LogP contribution in [0.15, 0.2) is 12.4 Å². The van der Waals surface area contributed by atoms with Crippen LogP contribution in [0.3, 0.4) is 0 Å². The molecule has 1 aliphatic heterocycles. The lowest BCUT2D eigenvalue weighted by Crippen LogP contribution is -2.62. The number of hydrogen-bond acceptors (Lipinski definition) is 6. The molecule has 0 aromatic carbocycles. The third kappa shape index (κ3) is 2.60. The molecular formula is C9H18N2O4. The molecule has 6 heteroatoms. The second kappa shape index (κ2) is 5.32. The van der Waals surface area contributed by atoms with E-state index in [9.17, 15) is 10.2 Å². The fourth-order valence-electron chi connectivity index (χ4n) is 1.68. The Morgan fingerprint density at radius 2 is 2.07 bits per heavy atom. The molecule has 88 valence electrons. The summed E-state index contributed by atoms with van der Waals surface area (Å²) in [5.74, 6) is 0. The first-order chi connectivity index (χ1) is 7.11. The Balaban J connectivity index is 2.70. The van der Waals surface area contributed by atoms with Gasteiger partial charge in [-0.3, -0.25) is 0 Å². The van der Waals surface area contributed by atoms with Crippen LogP contribution in [0.2, 0.25) is 0 Å². The molecule has 5 unspecified atom stereocenters. The van der Waals surface area contributed by atoms with Gasteiger partial charge >= 0.3 is 0 Å². The number of nitrogens with two attached hydrogens (primary N) is 1. The van der Waals surface area contributed by atoms with Gasteiger partial charge in [0, 0.05) is 12.4 Å². The molecule has 0 saturated carbocycles. The van der Waals surface area contributed by atoms with Crippen LogP contribution in [0.5, 0.6) is 0 Å². The SMILES string of the molecule is CC1OC(CO)C(O)C(N/C=C\N)C1O. The second-order valence-electron chi connectivity index (χ2n) is 3.59. The number of aliphatic hydroxyl groups excluding tert-OH is 3. The lowest BCUT2D eigenvalue weighted by molar-refractivity contribution is -0.186. The summed E-state index contributed by atoms with van der Waals surface area (Å²) in [5, 5.41) is 31.2. The Hall–Kier alpha value is -0.820. The standard InChI is InChI=1S/C9H18N2O4/c1-5-8(13)7(11-3-2-10)9(14)6(4-12)15-5/h2-3,5-9,11-14H,4,10H2,1H3/b3-2-. The van der Waals surface area contributed by atoms with Gasteiger partial charge in [-0.25, -0.2) is 0 Å². The van der Waals surface area contributed by atoms with Crippen molar-refractivity contribution in [2.75, 3.05) is 6.61 Å². The van der Waals surface area contributed by atoms with Gasteiger partial charge in [0.25, 0.3) is 0 Å². The molecule has 1 aliphatic rings. The average Bonchev–Trinajstić information content (AvgIpc) is 2.23. The molecule has 1 saturated heterocycles. The van der Waals surface area contributed by atoms with Crippen LogP contribution in [-0.4, -0.2) is 52.4 Å². The maximum atomic E-state index is 9.76. The molecule has 0 aliphatic carbocycles. The largest absolute Gasteiger partial charge is 0.403 e. The lowest BCUT2D eigenvalue weighted by Gasteiger charge is -2.41. The van der Waals surface area contributed by atoms with Gasteiger partial charge in [-0.1, -0.05) is 0 Å². The van der Waals surface area contributed by atoms with Crippen LogP contribution < -0.4 is 11.1 Å². The van der Waals surface area contributed by atoms with Crippen LogP contribution in [-0.2, 0) is 4.74 Å². The Labute approximate surface area is 88.3 Å². The first-order valence-corrected chi connectivity index (χ1v) is 4.87. The number of ether oxygens (including phenoxy) is 1. The van der Waals surface area contributed by atoms with E-state index < -0.39 is 30.5 Å². The molecule has 5 atom stereocenters. The van der Waals surface area contributed by atoms with Gasteiger partial charge in [0.05, 0.1) is 18.8 Å². The monoisotopic (exact) mass is 218 g/mol. The maximum absolute atomic E-state index is 9.76. The van der Waals surface area contributed by atoms with Crippen molar-refractivity contribution >= 4 is 0 Å². The summed E-state index contributed by atoms with van der Waals surface area (Å²) in [6, 6.07) is -0.592. The van der Waals surface area contributed by atoms with Crippen molar-refractivity contribution in [2.45, 2.75) is 37.4 Å². The van der Waals surface area contributed by atoms with Gasteiger partial charge in [-0.2, -0.15) is 0 Å². The fraction of sp³-hybridized carbons (Fsp3) is 0.778. The Kier molecular flexibility index (Phi) is 4.34. The predicted octanol–water partition coefficient (Wildman–Crippen LogP) is -2.12. The normalized spacial score (nSPS) is 42.0. The molecule has 0 radical (unpaired) electrons. The van der Waals surface area contributed by atoms with E-state index in [0.717, 1.165) is 0 Å². The van der Waals surface area contributed by atoms with Crippen molar-refractivity contribution in [3.63, 3.8) is 0 Å². The van der Waals surface area contributed by atoms with Crippen LogP contribution in [0, 0.1) is 0 Å². The molecule has 0 amide bonds. The highest BCUT2D eigenvalue weighted by atomic mass is 16.5. The topological polar surface area (TPSA) is 108 Å². The highest BCUT2D eigenvalue weighted by Gasteiger charge is 2.41. The van der Waals surface area contributed by atoms with Gasteiger partial charge in [0.1, 0.15) is 18.3 Å². The first kappa shape index (κ1) is 12.3. The van der Waals surface area contributed by atoms with Crippen molar-refractivity contribution < 1.29 is 20.1 Å².